The number of aromatic nitrogens is 1. The molecule has 0 N–H and O–H groups in total. The number of esters is 1. The summed E-state index contributed by atoms with van der Waals surface area (Å²) in [7, 11) is 1.31. The average Bonchev–Trinajstić information content (AvgIpc) is 3.53. The quantitative estimate of drug-likeness (QED) is 0.365. The third kappa shape index (κ3) is 5.65. The van der Waals surface area contributed by atoms with Crippen LogP contribution in [0.2, 0.25) is 0 Å². The number of alkyl halides is 3. The molecule has 5 nitrogen and oxygen atoms in total. The third-order valence-electron chi connectivity index (χ3n) is 5.31. The maximum atomic E-state index is 12.8. The molecule has 0 saturated heterocycles. The molecule has 33 heavy (non-hydrogen) atoms. The van der Waals surface area contributed by atoms with Crippen molar-refractivity contribution in [3.63, 3.8) is 0 Å². The second-order valence-corrected chi connectivity index (χ2v) is 8.73. The van der Waals surface area contributed by atoms with E-state index in [2.05, 4.69) is 9.72 Å². The summed E-state index contributed by atoms with van der Waals surface area (Å²) in [6, 6.07) is 8.76. The lowest BCUT2D eigenvalue weighted by Gasteiger charge is -2.15. The highest BCUT2D eigenvalue weighted by atomic mass is 32.1. The highest BCUT2D eigenvalue weighted by Gasteiger charge is 2.30. The van der Waals surface area contributed by atoms with E-state index < -0.39 is 17.7 Å². The molecular weight excluding hydrogens is 455 g/mol. The van der Waals surface area contributed by atoms with Gasteiger partial charge in [0.1, 0.15) is 23.1 Å². The van der Waals surface area contributed by atoms with Crippen LogP contribution in [0.5, 0.6) is 11.5 Å². The molecule has 4 rings (SSSR count). The van der Waals surface area contributed by atoms with Gasteiger partial charge in [0.05, 0.1) is 18.4 Å². The van der Waals surface area contributed by atoms with E-state index in [9.17, 15) is 18.0 Å². The minimum Gasteiger partial charge on any atom is -0.486 e. The number of benzene rings is 2. The van der Waals surface area contributed by atoms with Crippen LogP contribution in [0, 0.1) is 6.92 Å². The number of carbonyl (C=O) groups is 1. The molecule has 0 spiro atoms. The Labute approximate surface area is 193 Å². The Kier molecular flexibility index (Phi) is 6.60. The molecule has 0 bridgehead atoms. The van der Waals surface area contributed by atoms with Gasteiger partial charge in [-0.15, -0.1) is 11.3 Å². The number of methoxy groups -OCH3 is 1. The number of nitrogens with zero attached hydrogens (tertiary/aromatic N) is 1. The standard InChI is InChI=1S/C24H22F3NO4S/c1-14-9-21(18(15-3-4-15)10-20(14)32-12-23(29)30-2)31-11-22-28-19(13-33-22)16-5-7-17(8-6-16)24(25,26)27/h5-10,13,15H,3-4,11-12H2,1-2H3. The fraction of sp³-hybridized carbons (Fsp3) is 0.333. The van der Waals surface area contributed by atoms with Gasteiger partial charge in [0, 0.05) is 16.5 Å². The molecular formula is C24H22F3NO4S. The van der Waals surface area contributed by atoms with E-state index in [0.717, 1.165) is 46.9 Å². The lowest BCUT2D eigenvalue weighted by atomic mass is 10.1. The van der Waals surface area contributed by atoms with Gasteiger partial charge >= 0.3 is 12.1 Å². The van der Waals surface area contributed by atoms with Crippen molar-refractivity contribution in [1.29, 1.82) is 0 Å². The largest absolute Gasteiger partial charge is 0.486 e. The number of ether oxygens (including phenoxy) is 3. The molecule has 0 radical (unpaired) electrons. The third-order valence-corrected chi connectivity index (χ3v) is 6.13. The summed E-state index contributed by atoms with van der Waals surface area (Å²) >= 11 is 1.39. The van der Waals surface area contributed by atoms with Crippen LogP contribution in [-0.2, 0) is 22.3 Å². The van der Waals surface area contributed by atoms with E-state index in [1.165, 1.54) is 30.6 Å². The molecule has 174 valence electrons. The summed E-state index contributed by atoms with van der Waals surface area (Å²) in [6.45, 7) is 1.96. The highest BCUT2D eigenvalue weighted by molar-refractivity contribution is 7.09. The van der Waals surface area contributed by atoms with Crippen molar-refractivity contribution >= 4 is 17.3 Å². The van der Waals surface area contributed by atoms with E-state index in [4.69, 9.17) is 9.47 Å². The fourth-order valence-corrected chi connectivity index (χ4v) is 4.06. The molecule has 1 saturated carbocycles. The van der Waals surface area contributed by atoms with Crippen LogP contribution < -0.4 is 9.47 Å². The van der Waals surface area contributed by atoms with Crippen molar-refractivity contribution < 1.29 is 32.2 Å². The molecule has 2 aromatic carbocycles. The van der Waals surface area contributed by atoms with Crippen LogP contribution in [0.4, 0.5) is 13.2 Å². The molecule has 1 aliphatic rings. The number of hydrogen-bond donors (Lipinski definition) is 0. The second-order valence-electron chi connectivity index (χ2n) is 7.78. The Bertz CT molecular complexity index is 1140. The Morgan fingerprint density at radius 2 is 1.85 bits per heavy atom. The summed E-state index contributed by atoms with van der Waals surface area (Å²) in [5.74, 6) is 1.30. The summed E-state index contributed by atoms with van der Waals surface area (Å²) in [5.41, 5.74) is 2.40. The average molecular weight is 478 g/mol. The number of hydrogen-bond acceptors (Lipinski definition) is 6. The van der Waals surface area contributed by atoms with Crippen molar-refractivity contribution in [2.24, 2.45) is 0 Å². The van der Waals surface area contributed by atoms with E-state index in [1.807, 2.05) is 19.1 Å². The van der Waals surface area contributed by atoms with Gasteiger partial charge in [0.25, 0.3) is 0 Å². The van der Waals surface area contributed by atoms with Crippen LogP contribution in [-0.4, -0.2) is 24.7 Å². The molecule has 1 aromatic heterocycles. The normalized spacial score (nSPS) is 13.6. The number of rotatable bonds is 8. The van der Waals surface area contributed by atoms with Crippen LogP contribution in [0.1, 0.15) is 40.5 Å². The predicted molar refractivity (Wildman–Crippen MR) is 118 cm³/mol. The van der Waals surface area contributed by atoms with E-state index in [0.29, 0.717) is 22.9 Å². The number of thiazole rings is 1. The first-order valence-corrected chi connectivity index (χ1v) is 11.2. The zero-order valence-electron chi connectivity index (χ0n) is 18.1. The molecule has 0 amide bonds. The van der Waals surface area contributed by atoms with Crippen molar-refractivity contribution in [2.75, 3.05) is 13.7 Å². The smallest absolute Gasteiger partial charge is 0.416 e. The maximum Gasteiger partial charge on any atom is 0.416 e. The minimum absolute atomic E-state index is 0.159. The Hall–Kier alpha value is -3.07. The molecule has 3 aromatic rings. The number of carbonyl (C=O) groups excluding carboxylic acids is 1. The zero-order valence-corrected chi connectivity index (χ0v) is 18.9. The predicted octanol–water partition coefficient (Wildman–Crippen LogP) is 6.15. The lowest BCUT2D eigenvalue weighted by Crippen LogP contribution is -2.13. The second kappa shape index (κ2) is 9.43. The molecule has 1 fully saturated rings. The molecule has 9 heteroatoms. The topological polar surface area (TPSA) is 57.7 Å². The van der Waals surface area contributed by atoms with Crippen molar-refractivity contribution in [3.8, 4) is 22.8 Å². The molecule has 0 aliphatic heterocycles. The van der Waals surface area contributed by atoms with Gasteiger partial charge in [-0.2, -0.15) is 13.2 Å². The van der Waals surface area contributed by atoms with Crippen LogP contribution in [0.3, 0.4) is 0 Å². The number of aryl methyl sites for hydroxylation is 1. The van der Waals surface area contributed by atoms with Crippen LogP contribution in [0.15, 0.2) is 41.8 Å². The van der Waals surface area contributed by atoms with Crippen LogP contribution in [0.25, 0.3) is 11.3 Å². The molecule has 0 atom stereocenters. The van der Waals surface area contributed by atoms with E-state index in [1.54, 1.807) is 5.38 Å². The summed E-state index contributed by atoms with van der Waals surface area (Å²) in [6.07, 6.45) is -2.24. The molecule has 0 unspecified atom stereocenters. The molecule has 1 aliphatic carbocycles. The van der Waals surface area contributed by atoms with Crippen molar-refractivity contribution in [1.82, 2.24) is 4.98 Å². The van der Waals surface area contributed by atoms with E-state index in [-0.39, 0.29) is 13.2 Å². The minimum atomic E-state index is -4.36. The summed E-state index contributed by atoms with van der Waals surface area (Å²) < 4.78 is 54.6. The van der Waals surface area contributed by atoms with Gasteiger partial charge in [0.15, 0.2) is 6.61 Å². The Morgan fingerprint density at radius 3 is 2.48 bits per heavy atom. The first kappa shape index (κ1) is 23.1. The SMILES string of the molecule is COC(=O)COc1cc(C2CC2)c(OCc2nc(-c3ccc(C(F)(F)F)cc3)cs2)cc1C. The van der Waals surface area contributed by atoms with Gasteiger partial charge in [-0.05, 0) is 55.5 Å². The van der Waals surface area contributed by atoms with Gasteiger partial charge in [0.2, 0.25) is 0 Å². The monoisotopic (exact) mass is 477 g/mol. The van der Waals surface area contributed by atoms with Gasteiger partial charge in [-0.25, -0.2) is 9.78 Å². The zero-order chi connectivity index (χ0) is 23.6. The first-order chi connectivity index (χ1) is 15.7. The van der Waals surface area contributed by atoms with Crippen molar-refractivity contribution in [2.45, 2.75) is 38.5 Å². The first-order valence-electron chi connectivity index (χ1n) is 10.3. The lowest BCUT2D eigenvalue weighted by molar-refractivity contribution is -0.143. The Balaban J connectivity index is 1.45. The molecule has 1 heterocycles. The highest BCUT2D eigenvalue weighted by Crippen LogP contribution is 2.46. The van der Waals surface area contributed by atoms with Gasteiger partial charge in [-0.3, -0.25) is 0 Å². The maximum absolute atomic E-state index is 12.8. The Morgan fingerprint density at radius 1 is 1.12 bits per heavy atom. The summed E-state index contributed by atoms with van der Waals surface area (Å²) in [5, 5.41) is 2.52. The van der Waals surface area contributed by atoms with Gasteiger partial charge in [-0.1, -0.05) is 12.1 Å². The van der Waals surface area contributed by atoms with E-state index >= 15 is 0 Å². The fourth-order valence-electron chi connectivity index (χ4n) is 3.35. The van der Waals surface area contributed by atoms with Gasteiger partial charge < -0.3 is 14.2 Å². The van der Waals surface area contributed by atoms with Crippen molar-refractivity contribution in [3.05, 3.63) is 63.5 Å². The van der Waals surface area contributed by atoms with Crippen LogP contribution >= 0.6 is 11.3 Å². The summed E-state index contributed by atoms with van der Waals surface area (Å²) in [4.78, 5) is 15.9. The number of halogens is 3.